The quantitative estimate of drug-likeness (QED) is 0.215. The summed E-state index contributed by atoms with van der Waals surface area (Å²) in [5.41, 5.74) is 0.402. The van der Waals surface area contributed by atoms with Gasteiger partial charge in [0.25, 0.3) is 11.5 Å². The molecule has 1 N–H and O–H groups in total. The van der Waals surface area contributed by atoms with Gasteiger partial charge < -0.3 is 9.84 Å². The normalized spacial score (nSPS) is 17.4. The molecule has 160 valence electrons. The van der Waals surface area contributed by atoms with E-state index in [2.05, 4.69) is 4.98 Å². The summed E-state index contributed by atoms with van der Waals surface area (Å²) >= 11 is 0. The Balaban J connectivity index is 1.93. The third-order valence-electron chi connectivity index (χ3n) is 5.10. The zero-order valence-electron chi connectivity index (χ0n) is 16.8. The van der Waals surface area contributed by atoms with E-state index in [4.69, 9.17) is 4.74 Å². The van der Waals surface area contributed by atoms with Crippen molar-refractivity contribution >= 4 is 29.0 Å². The average Bonchev–Trinajstić information content (AvgIpc) is 3.09. The van der Waals surface area contributed by atoms with Crippen LogP contribution in [-0.4, -0.2) is 33.8 Å². The second kappa shape index (κ2) is 8.31. The maximum atomic E-state index is 13.0. The topological polar surface area (TPSA) is 123 Å². The summed E-state index contributed by atoms with van der Waals surface area (Å²) in [6.07, 6.45) is 1.48. The number of aliphatic hydroxyl groups is 1. The first-order valence-corrected chi connectivity index (χ1v) is 9.53. The summed E-state index contributed by atoms with van der Waals surface area (Å²) in [7, 11) is 1.47. The number of nitro groups is 1. The van der Waals surface area contributed by atoms with Crippen molar-refractivity contribution < 1.29 is 24.4 Å². The minimum absolute atomic E-state index is 0.142. The van der Waals surface area contributed by atoms with E-state index < -0.39 is 22.7 Å². The van der Waals surface area contributed by atoms with Crippen LogP contribution in [0.3, 0.4) is 0 Å². The number of pyridine rings is 1. The number of aromatic nitrogens is 1. The second-order valence-electron chi connectivity index (χ2n) is 6.94. The summed E-state index contributed by atoms with van der Waals surface area (Å²) in [5, 5.41) is 22.1. The van der Waals surface area contributed by atoms with Crippen LogP contribution in [0.15, 0.2) is 78.5 Å². The van der Waals surface area contributed by atoms with Gasteiger partial charge in [-0.25, -0.2) is 4.98 Å². The van der Waals surface area contributed by atoms with Crippen LogP contribution >= 0.6 is 0 Å². The lowest BCUT2D eigenvalue weighted by Crippen LogP contribution is -2.30. The predicted molar refractivity (Wildman–Crippen MR) is 115 cm³/mol. The summed E-state index contributed by atoms with van der Waals surface area (Å²) < 4.78 is 5.18. The maximum Gasteiger partial charge on any atom is 0.301 e. The van der Waals surface area contributed by atoms with E-state index in [9.17, 15) is 24.8 Å². The lowest BCUT2D eigenvalue weighted by molar-refractivity contribution is -0.384. The Hall–Kier alpha value is -4.53. The number of rotatable bonds is 5. The van der Waals surface area contributed by atoms with Crippen molar-refractivity contribution in [2.75, 3.05) is 12.0 Å². The minimum atomic E-state index is -1.03. The van der Waals surface area contributed by atoms with E-state index >= 15 is 0 Å². The van der Waals surface area contributed by atoms with Crippen LogP contribution in [0.4, 0.5) is 11.5 Å². The van der Waals surface area contributed by atoms with Gasteiger partial charge in [0.15, 0.2) is 0 Å². The van der Waals surface area contributed by atoms with Crippen molar-refractivity contribution in [3.05, 3.63) is 99.7 Å². The highest BCUT2D eigenvalue weighted by molar-refractivity contribution is 6.51. The second-order valence-corrected chi connectivity index (χ2v) is 6.94. The van der Waals surface area contributed by atoms with E-state index in [0.29, 0.717) is 11.3 Å². The van der Waals surface area contributed by atoms with Crippen LogP contribution in [0, 0.1) is 10.1 Å². The molecule has 0 spiro atoms. The number of anilines is 1. The van der Waals surface area contributed by atoms with Crippen LogP contribution in [0.5, 0.6) is 5.75 Å². The lowest BCUT2D eigenvalue weighted by Gasteiger charge is -2.24. The van der Waals surface area contributed by atoms with Crippen LogP contribution in [0.1, 0.15) is 17.2 Å². The zero-order chi connectivity index (χ0) is 22.8. The maximum absolute atomic E-state index is 13.0. The number of hydrogen-bond acceptors (Lipinski definition) is 7. The SMILES string of the molecule is COc1cccc(C(O)=C2C(=O)C(=O)N(c3ccccn3)[C@@H]2c2ccc([N+](=O)[O-])cc2)c1. The molecule has 9 nitrogen and oxygen atoms in total. The molecule has 1 amide bonds. The molecule has 1 atom stereocenters. The molecule has 3 aromatic rings. The van der Waals surface area contributed by atoms with E-state index in [1.54, 1.807) is 36.4 Å². The Kier molecular flexibility index (Phi) is 5.38. The first kappa shape index (κ1) is 20.7. The van der Waals surface area contributed by atoms with Crippen molar-refractivity contribution in [3.8, 4) is 5.75 Å². The first-order valence-electron chi connectivity index (χ1n) is 9.53. The number of benzene rings is 2. The molecule has 1 aromatic heterocycles. The number of non-ortho nitro benzene ring substituents is 1. The molecule has 2 heterocycles. The van der Waals surface area contributed by atoms with Gasteiger partial charge in [0, 0.05) is 23.9 Å². The van der Waals surface area contributed by atoms with Gasteiger partial charge in [0.1, 0.15) is 17.3 Å². The first-order chi connectivity index (χ1) is 15.4. The summed E-state index contributed by atoms with van der Waals surface area (Å²) in [6, 6.07) is 15.8. The number of carbonyl (C=O) groups is 2. The minimum Gasteiger partial charge on any atom is -0.507 e. The van der Waals surface area contributed by atoms with Gasteiger partial charge in [-0.3, -0.25) is 24.6 Å². The molecule has 32 heavy (non-hydrogen) atoms. The fourth-order valence-electron chi connectivity index (χ4n) is 3.58. The van der Waals surface area contributed by atoms with Gasteiger partial charge in [0.05, 0.1) is 23.6 Å². The van der Waals surface area contributed by atoms with E-state index in [-0.39, 0.29) is 28.4 Å². The highest BCUT2D eigenvalue weighted by atomic mass is 16.6. The number of nitro benzene ring substituents is 1. The fourth-order valence-corrected chi connectivity index (χ4v) is 3.58. The zero-order valence-corrected chi connectivity index (χ0v) is 16.8. The number of carbonyl (C=O) groups excluding carboxylic acids is 2. The van der Waals surface area contributed by atoms with E-state index in [0.717, 1.165) is 0 Å². The highest BCUT2D eigenvalue weighted by Gasteiger charge is 2.47. The van der Waals surface area contributed by atoms with Gasteiger partial charge >= 0.3 is 5.91 Å². The average molecular weight is 431 g/mol. The van der Waals surface area contributed by atoms with Crippen LogP contribution < -0.4 is 9.64 Å². The van der Waals surface area contributed by atoms with Crippen LogP contribution in [0.25, 0.3) is 5.76 Å². The molecule has 1 fully saturated rings. The van der Waals surface area contributed by atoms with Crippen molar-refractivity contribution in [2.45, 2.75) is 6.04 Å². The van der Waals surface area contributed by atoms with Crippen LogP contribution in [0.2, 0.25) is 0 Å². The standard InChI is InChI=1S/C23H17N3O6/c1-32-17-6-4-5-15(13-17)21(27)19-20(14-8-10-16(11-9-14)26(30)31)25(23(29)22(19)28)18-7-2-3-12-24-18/h2-13,20,27H,1H3/t20-/m1/s1. The number of ketones is 1. The largest absolute Gasteiger partial charge is 0.507 e. The van der Waals surface area contributed by atoms with Crippen molar-refractivity contribution in [3.63, 3.8) is 0 Å². The predicted octanol–water partition coefficient (Wildman–Crippen LogP) is 3.62. The van der Waals surface area contributed by atoms with Crippen LogP contribution in [-0.2, 0) is 9.59 Å². The molecule has 1 saturated heterocycles. The molecule has 4 rings (SSSR count). The summed E-state index contributed by atoms with van der Waals surface area (Å²) in [4.78, 5) is 41.9. The lowest BCUT2D eigenvalue weighted by atomic mass is 9.95. The Morgan fingerprint density at radius 1 is 1.09 bits per heavy atom. The van der Waals surface area contributed by atoms with Gasteiger partial charge in [-0.1, -0.05) is 18.2 Å². The number of hydrogen-bond donors (Lipinski definition) is 1. The molecule has 0 aliphatic carbocycles. The third-order valence-corrected chi connectivity index (χ3v) is 5.10. The van der Waals surface area contributed by atoms with Gasteiger partial charge in [-0.05, 0) is 42.0 Å². The van der Waals surface area contributed by atoms with Gasteiger partial charge in [-0.15, -0.1) is 0 Å². The van der Waals surface area contributed by atoms with E-state index in [1.165, 1.54) is 48.5 Å². The van der Waals surface area contributed by atoms with Crippen molar-refractivity contribution in [1.82, 2.24) is 4.98 Å². The number of aliphatic hydroxyl groups excluding tert-OH is 1. The third kappa shape index (κ3) is 3.56. The Morgan fingerprint density at radius 2 is 1.84 bits per heavy atom. The highest BCUT2D eigenvalue weighted by Crippen LogP contribution is 2.42. The Labute approximate surface area is 182 Å². The number of ether oxygens (including phenoxy) is 1. The monoisotopic (exact) mass is 431 g/mol. The molecule has 0 bridgehead atoms. The molecule has 1 aliphatic rings. The molecular weight excluding hydrogens is 414 g/mol. The fraction of sp³-hybridized carbons (Fsp3) is 0.0870. The summed E-state index contributed by atoms with van der Waals surface area (Å²) in [6.45, 7) is 0. The molecular formula is C23H17N3O6. The molecule has 0 unspecified atom stereocenters. The Bertz CT molecular complexity index is 1240. The molecule has 1 aliphatic heterocycles. The number of Topliss-reactive ketones (excluding diaryl/α,β-unsaturated/α-hetero) is 1. The number of methoxy groups -OCH3 is 1. The Morgan fingerprint density at radius 3 is 2.47 bits per heavy atom. The van der Waals surface area contributed by atoms with Crippen molar-refractivity contribution in [2.24, 2.45) is 0 Å². The molecule has 0 radical (unpaired) electrons. The van der Waals surface area contributed by atoms with Crippen molar-refractivity contribution in [1.29, 1.82) is 0 Å². The van der Waals surface area contributed by atoms with E-state index in [1.807, 2.05) is 0 Å². The summed E-state index contributed by atoms with van der Waals surface area (Å²) in [5.74, 6) is -1.47. The number of amides is 1. The van der Waals surface area contributed by atoms with Gasteiger partial charge in [-0.2, -0.15) is 0 Å². The smallest absolute Gasteiger partial charge is 0.301 e. The molecule has 9 heteroatoms. The molecule has 0 saturated carbocycles. The van der Waals surface area contributed by atoms with Gasteiger partial charge in [0.2, 0.25) is 0 Å². The number of nitrogens with zero attached hydrogens (tertiary/aromatic N) is 3. The molecule has 2 aromatic carbocycles.